The lowest BCUT2D eigenvalue weighted by Crippen LogP contribution is -2.19. The summed E-state index contributed by atoms with van der Waals surface area (Å²) in [4.78, 5) is 3.29. The van der Waals surface area contributed by atoms with Gasteiger partial charge in [0.05, 0.1) is 12.3 Å². The predicted octanol–water partition coefficient (Wildman–Crippen LogP) is 2.72. The lowest BCUT2D eigenvalue weighted by atomic mass is 10.1. The molecular weight excluding hydrogens is 249 g/mol. The van der Waals surface area contributed by atoms with Gasteiger partial charge in [0.25, 0.3) is 6.43 Å². The van der Waals surface area contributed by atoms with Gasteiger partial charge in [-0.1, -0.05) is 0 Å². The van der Waals surface area contributed by atoms with Gasteiger partial charge in [0, 0.05) is 11.1 Å². The van der Waals surface area contributed by atoms with Gasteiger partial charge in [-0.2, -0.15) is 0 Å². The summed E-state index contributed by atoms with van der Waals surface area (Å²) in [6.45, 7) is 0.283. The fraction of sp³-hybridized carbons (Fsp3) is 0.444. The van der Waals surface area contributed by atoms with Crippen molar-refractivity contribution in [1.29, 1.82) is 0 Å². The molecule has 3 nitrogen and oxygen atoms in total. The van der Waals surface area contributed by atoms with Gasteiger partial charge in [-0.3, -0.25) is 0 Å². The number of aliphatic hydroxyl groups is 1. The molecule has 0 amide bonds. The van der Waals surface area contributed by atoms with Gasteiger partial charge in [0.2, 0.25) is 5.88 Å². The van der Waals surface area contributed by atoms with E-state index in [4.69, 9.17) is 5.11 Å². The van der Waals surface area contributed by atoms with Crippen molar-refractivity contribution in [3.63, 3.8) is 0 Å². The smallest absolute Gasteiger partial charge is 0.390 e. The van der Waals surface area contributed by atoms with Crippen LogP contribution in [0, 0.1) is 6.92 Å². The van der Waals surface area contributed by atoms with Crippen molar-refractivity contribution < 1.29 is 31.8 Å². The number of aliphatic hydroxyl groups excluding tert-OH is 1. The zero-order valence-corrected chi connectivity index (χ0v) is 8.55. The maximum atomic E-state index is 12.5. The molecule has 1 aromatic heterocycles. The fourth-order valence-electron chi connectivity index (χ4n) is 1.17. The maximum absolute atomic E-state index is 12.5. The van der Waals surface area contributed by atoms with E-state index in [0.717, 1.165) is 13.0 Å². The molecule has 0 fully saturated rings. The van der Waals surface area contributed by atoms with Crippen LogP contribution in [0.5, 0.6) is 5.88 Å². The van der Waals surface area contributed by atoms with E-state index in [9.17, 15) is 22.0 Å². The summed E-state index contributed by atoms with van der Waals surface area (Å²) in [6.07, 6.45) is -8.00. The van der Waals surface area contributed by atoms with Gasteiger partial charge in [0.15, 0.2) is 0 Å². The quantitative estimate of drug-likeness (QED) is 0.846. The molecule has 1 aromatic rings. The Kier molecular flexibility index (Phi) is 3.87. The van der Waals surface area contributed by atoms with Gasteiger partial charge in [-0.15, -0.1) is 13.2 Å². The second-order valence-corrected chi connectivity index (χ2v) is 3.14. The molecule has 0 spiro atoms. The number of alkyl halides is 5. The molecule has 1 N–H and O–H groups in total. The number of hydrogen-bond donors (Lipinski definition) is 1. The van der Waals surface area contributed by atoms with E-state index in [1.54, 1.807) is 0 Å². The third kappa shape index (κ3) is 3.52. The van der Waals surface area contributed by atoms with Gasteiger partial charge in [-0.05, 0) is 13.0 Å². The summed E-state index contributed by atoms with van der Waals surface area (Å²) >= 11 is 0. The second kappa shape index (κ2) is 4.82. The molecule has 0 aliphatic rings. The van der Waals surface area contributed by atoms with Crippen molar-refractivity contribution in [3.8, 4) is 5.88 Å². The first-order valence-electron chi connectivity index (χ1n) is 4.39. The molecule has 0 saturated heterocycles. The van der Waals surface area contributed by atoms with Gasteiger partial charge in [-0.25, -0.2) is 13.8 Å². The molecule has 0 saturated carbocycles. The SMILES string of the molecule is Cc1c(C(F)F)cc(CO)nc1OC(F)(F)F. The Morgan fingerprint density at radius 2 is 2.00 bits per heavy atom. The highest BCUT2D eigenvalue weighted by Gasteiger charge is 2.33. The first-order valence-corrected chi connectivity index (χ1v) is 4.39. The normalized spacial score (nSPS) is 12.0. The van der Waals surface area contributed by atoms with Crippen LogP contribution < -0.4 is 4.74 Å². The highest BCUT2D eigenvalue weighted by molar-refractivity contribution is 5.36. The number of halogens is 5. The van der Waals surface area contributed by atoms with E-state index in [2.05, 4.69) is 9.72 Å². The minimum atomic E-state index is -5.02. The molecule has 0 aliphatic carbocycles. The van der Waals surface area contributed by atoms with Crippen LogP contribution >= 0.6 is 0 Å². The molecule has 0 aliphatic heterocycles. The van der Waals surface area contributed by atoms with Crippen LogP contribution in [-0.2, 0) is 6.61 Å². The topological polar surface area (TPSA) is 42.4 Å². The third-order valence-electron chi connectivity index (χ3n) is 1.93. The Bertz CT molecular complexity index is 405. The Balaban J connectivity index is 3.24. The van der Waals surface area contributed by atoms with Crippen LogP contribution in [0.2, 0.25) is 0 Å². The minimum Gasteiger partial charge on any atom is -0.390 e. The van der Waals surface area contributed by atoms with Crippen molar-refractivity contribution in [2.24, 2.45) is 0 Å². The van der Waals surface area contributed by atoms with E-state index < -0.39 is 36.4 Å². The molecule has 1 rings (SSSR count). The summed E-state index contributed by atoms with van der Waals surface area (Å²) in [5, 5.41) is 8.71. The van der Waals surface area contributed by atoms with Crippen molar-refractivity contribution in [2.75, 3.05) is 0 Å². The average Bonchev–Trinajstić information content (AvgIpc) is 2.18. The average molecular weight is 257 g/mol. The standard InChI is InChI=1S/C9H8F5NO2/c1-4-6(7(10)11)2-5(3-16)15-8(4)17-9(12,13)14/h2,7,16H,3H2,1H3. The van der Waals surface area contributed by atoms with Gasteiger partial charge in [0.1, 0.15) is 0 Å². The van der Waals surface area contributed by atoms with Crippen LogP contribution in [-0.4, -0.2) is 16.5 Å². The second-order valence-electron chi connectivity index (χ2n) is 3.14. The van der Waals surface area contributed by atoms with Crippen molar-refractivity contribution in [3.05, 3.63) is 22.9 Å². The third-order valence-corrected chi connectivity index (χ3v) is 1.93. The number of rotatable bonds is 3. The van der Waals surface area contributed by atoms with Crippen molar-refractivity contribution >= 4 is 0 Å². The molecule has 8 heteroatoms. The Morgan fingerprint density at radius 3 is 2.41 bits per heavy atom. The first-order chi connectivity index (χ1) is 7.74. The summed E-state index contributed by atoms with van der Waals surface area (Å²) in [6, 6.07) is 0.837. The maximum Gasteiger partial charge on any atom is 0.574 e. The summed E-state index contributed by atoms with van der Waals surface area (Å²) in [5.74, 6) is -0.973. The van der Waals surface area contributed by atoms with Gasteiger partial charge >= 0.3 is 6.36 Å². The number of pyridine rings is 1. The largest absolute Gasteiger partial charge is 0.574 e. The Morgan fingerprint density at radius 1 is 1.41 bits per heavy atom. The van der Waals surface area contributed by atoms with E-state index in [0.29, 0.717) is 0 Å². The predicted molar refractivity (Wildman–Crippen MR) is 46.5 cm³/mol. The lowest BCUT2D eigenvalue weighted by Gasteiger charge is -2.14. The lowest BCUT2D eigenvalue weighted by molar-refractivity contribution is -0.276. The molecule has 0 atom stereocenters. The molecule has 96 valence electrons. The summed E-state index contributed by atoms with van der Waals surface area (Å²) < 4.78 is 64.5. The van der Waals surface area contributed by atoms with Crippen molar-refractivity contribution in [2.45, 2.75) is 26.3 Å². The Labute approximate surface area is 92.8 Å². The molecule has 0 unspecified atom stereocenters. The van der Waals surface area contributed by atoms with Crippen LogP contribution in [0.4, 0.5) is 22.0 Å². The monoisotopic (exact) mass is 257 g/mol. The number of nitrogens with zero attached hydrogens (tertiary/aromatic N) is 1. The molecular formula is C9H8F5NO2. The molecule has 0 bridgehead atoms. The number of aromatic nitrogens is 1. The minimum absolute atomic E-state index is 0.315. The highest BCUT2D eigenvalue weighted by Crippen LogP contribution is 2.31. The number of ether oxygens (including phenoxy) is 1. The fourth-order valence-corrected chi connectivity index (χ4v) is 1.17. The van der Waals surface area contributed by atoms with Crippen LogP contribution in [0.1, 0.15) is 23.2 Å². The van der Waals surface area contributed by atoms with Gasteiger partial charge < -0.3 is 9.84 Å². The van der Waals surface area contributed by atoms with Crippen LogP contribution in [0.3, 0.4) is 0 Å². The van der Waals surface area contributed by atoms with Crippen LogP contribution in [0.25, 0.3) is 0 Å². The highest BCUT2D eigenvalue weighted by atomic mass is 19.4. The summed E-state index contributed by atoms with van der Waals surface area (Å²) in [7, 11) is 0. The zero-order valence-electron chi connectivity index (χ0n) is 8.55. The van der Waals surface area contributed by atoms with E-state index in [1.165, 1.54) is 0 Å². The van der Waals surface area contributed by atoms with E-state index in [1.807, 2.05) is 0 Å². The summed E-state index contributed by atoms with van der Waals surface area (Å²) in [5.41, 5.74) is -1.37. The van der Waals surface area contributed by atoms with E-state index >= 15 is 0 Å². The number of hydrogen-bond acceptors (Lipinski definition) is 3. The molecule has 17 heavy (non-hydrogen) atoms. The Hall–Kier alpha value is -1.44. The first kappa shape index (κ1) is 13.6. The molecule has 1 heterocycles. The zero-order chi connectivity index (χ0) is 13.2. The van der Waals surface area contributed by atoms with E-state index in [-0.39, 0.29) is 5.69 Å². The molecule has 0 aromatic carbocycles. The molecule has 0 radical (unpaired) electrons. The van der Waals surface area contributed by atoms with Crippen molar-refractivity contribution in [1.82, 2.24) is 4.98 Å². The van der Waals surface area contributed by atoms with Crippen LogP contribution in [0.15, 0.2) is 6.07 Å².